The lowest BCUT2D eigenvalue weighted by atomic mass is 9.93. The molecule has 0 spiro atoms. The molecule has 4 aromatic rings. The second-order valence-corrected chi connectivity index (χ2v) is 12.3. The number of aryl methyl sites for hydroxylation is 1. The number of carbonyl (C=O) groups is 2. The minimum Gasteiger partial charge on any atom is -0.487 e. The molecule has 3 aliphatic rings. The maximum atomic E-state index is 15.5. The SMILES string of the molecule is Cc1cc2ccc1C(C)COC(=O)Nc1cc(F)c(OCC(O)C3CC3)c(c1)CN(C)C(=O)C2Nc1ccc2c(N)nccc2c1. The van der Waals surface area contributed by atoms with Crippen LogP contribution in [0.1, 0.15) is 54.0 Å². The van der Waals surface area contributed by atoms with Crippen LogP contribution < -0.4 is 21.1 Å². The first kappa shape index (κ1) is 31.1. The van der Waals surface area contributed by atoms with Crippen molar-refractivity contribution in [2.75, 3.05) is 36.6 Å². The number of rotatable bonds is 6. The zero-order chi connectivity index (χ0) is 32.5. The number of pyridine rings is 1. The summed E-state index contributed by atoms with van der Waals surface area (Å²) < 4.78 is 26.8. The van der Waals surface area contributed by atoms with E-state index in [2.05, 4.69) is 15.6 Å². The molecule has 240 valence electrons. The van der Waals surface area contributed by atoms with Crippen molar-refractivity contribution in [2.45, 2.75) is 51.3 Å². The molecule has 46 heavy (non-hydrogen) atoms. The summed E-state index contributed by atoms with van der Waals surface area (Å²) in [6.07, 6.45) is 1.99. The minimum atomic E-state index is -0.803. The Bertz CT molecular complexity index is 1800. The number of ether oxygens (including phenoxy) is 2. The predicted molar refractivity (Wildman–Crippen MR) is 174 cm³/mol. The zero-order valence-corrected chi connectivity index (χ0v) is 26.0. The molecule has 3 heterocycles. The quantitative estimate of drug-likeness (QED) is 0.208. The van der Waals surface area contributed by atoms with E-state index in [1.807, 2.05) is 56.3 Å². The van der Waals surface area contributed by atoms with Crippen LogP contribution in [0.2, 0.25) is 0 Å². The Labute approximate surface area is 266 Å². The van der Waals surface area contributed by atoms with Gasteiger partial charge in [-0.2, -0.15) is 0 Å². The van der Waals surface area contributed by atoms with E-state index in [0.717, 1.165) is 46.4 Å². The van der Waals surface area contributed by atoms with Crippen molar-refractivity contribution >= 4 is 40.0 Å². The van der Waals surface area contributed by atoms with E-state index in [0.29, 0.717) is 17.1 Å². The van der Waals surface area contributed by atoms with Gasteiger partial charge in [0.1, 0.15) is 18.5 Å². The lowest BCUT2D eigenvalue weighted by Crippen LogP contribution is -2.35. The molecule has 1 aromatic heterocycles. The standard InChI is InChI=1S/C35H38FN5O5/c1-19-12-23-6-8-27(19)20(2)17-46-35(44)40-26-14-24(32(29(36)15-26)45-18-30(42)21-4-5-21)16-41(3)34(43)31(23)39-25-7-9-28-22(13-25)10-11-38-33(28)37/h6-15,20-21,30-31,39,42H,4-5,16-18H2,1-3H3,(H2,37,38)(H,40,44). The number of halogens is 1. The summed E-state index contributed by atoms with van der Waals surface area (Å²) in [5, 5.41) is 18.1. The molecule has 5 N–H and O–H groups in total. The maximum Gasteiger partial charge on any atom is 0.411 e. The van der Waals surface area contributed by atoms with Crippen molar-refractivity contribution in [3.63, 3.8) is 0 Å². The Hall–Kier alpha value is -4.90. The third-order valence-corrected chi connectivity index (χ3v) is 8.69. The van der Waals surface area contributed by atoms with Gasteiger partial charge < -0.3 is 30.5 Å². The molecule has 1 fully saturated rings. The van der Waals surface area contributed by atoms with Gasteiger partial charge >= 0.3 is 6.09 Å². The van der Waals surface area contributed by atoms with Gasteiger partial charge in [-0.3, -0.25) is 10.1 Å². The number of nitrogens with two attached hydrogens (primary N) is 1. The summed E-state index contributed by atoms with van der Waals surface area (Å²) in [5.74, 6) is -0.671. The first-order valence-electron chi connectivity index (χ1n) is 15.4. The summed E-state index contributed by atoms with van der Waals surface area (Å²) >= 11 is 0. The van der Waals surface area contributed by atoms with Gasteiger partial charge in [-0.25, -0.2) is 14.2 Å². The number of aromatic nitrogens is 1. The first-order chi connectivity index (χ1) is 22.1. The molecule has 2 amide bonds. The van der Waals surface area contributed by atoms with Crippen LogP contribution in [0.25, 0.3) is 10.8 Å². The van der Waals surface area contributed by atoms with E-state index in [1.165, 1.54) is 4.90 Å². The maximum absolute atomic E-state index is 15.5. The fourth-order valence-corrected chi connectivity index (χ4v) is 5.96. The molecule has 7 rings (SSSR count). The molecule has 11 heteroatoms. The van der Waals surface area contributed by atoms with Crippen molar-refractivity contribution in [2.24, 2.45) is 5.92 Å². The van der Waals surface area contributed by atoms with Crippen LogP contribution in [0, 0.1) is 18.7 Å². The van der Waals surface area contributed by atoms with Crippen LogP contribution >= 0.6 is 0 Å². The van der Waals surface area contributed by atoms with Crippen LogP contribution in [-0.4, -0.2) is 53.4 Å². The third-order valence-electron chi connectivity index (χ3n) is 8.69. The van der Waals surface area contributed by atoms with Crippen molar-refractivity contribution in [3.05, 3.63) is 88.9 Å². The van der Waals surface area contributed by atoms with Gasteiger partial charge in [-0.15, -0.1) is 0 Å². The van der Waals surface area contributed by atoms with E-state index in [-0.39, 0.29) is 48.9 Å². The van der Waals surface area contributed by atoms with Crippen LogP contribution in [0.5, 0.6) is 5.75 Å². The van der Waals surface area contributed by atoms with Crippen molar-refractivity contribution in [3.8, 4) is 5.75 Å². The highest BCUT2D eigenvalue weighted by molar-refractivity contribution is 5.94. The lowest BCUT2D eigenvalue weighted by Gasteiger charge is -2.28. The fraction of sp³-hybridized carbons (Fsp3) is 0.343. The molecule has 1 aliphatic carbocycles. The Morgan fingerprint density at radius 2 is 1.98 bits per heavy atom. The van der Waals surface area contributed by atoms with Crippen molar-refractivity contribution < 1.29 is 28.6 Å². The highest BCUT2D eigenvalue weighted by Crippen LogP contribution is 2.35. The van der Waals surface area contributed by atoms with E-state index in [4.69, 9.17) is 15.2 Å². The van der Waals surface area contributed by atoms with Gasteiger partial charge in [0.25, 0.3) is 0 Å². The Morgan fingerprint density at radius 3 is 2.74 bits per heavy atom. The van der Waals surface area contributed by atoms with Gasteiger partial charge in [0.2, 0.25) is 5.91 Å². The van der Waals surface area contributed by atoms with Gasteiger partial charge in [-0.05, 0) is 78.1 Å². The van der Waals surface area contributed by atoms with Crippen LogP contribution in [0.3, 0.4) is 0 Å². The highest BCUT2D eigenvalue weighted by atomic mass is 19.1. The summed E-state index contributed by atoms with van der Waals surface area (Å²) in [6.45, 7) is 3.88. The smallest absolute Gasteiger partial charge is 0.411 e. The second kappa shape index (κ2) is 12.8. The average Bonchev–Trinajstić information content (AvgIpc) is 3.87. The van der Waals surface area contributed by atoms with Gasteiger partial charge in [-0.1, -0.05) is 25.1 Å². The summed E-state index contributed by atoms with van der Waals surface area (Å²) in [4.78, 5) is 32.6. The summed E-state index contributed by atoms with van der Waals surface area (Å²) in [6, 6.07) is 15.2. The normalized spacial score (nSPS) is 19.5. The average molecular weight is 628 g/mol. The number of hydrogen-bond acceptors (Lipinski definition) is 8. The second-order valence-electron chi connectivity index (χ2n) is 12.3. The van der Waals surface area contributed by atoms with Crippen LogP contribution in [0.15, 0.2) is 60.8 Å². The molecule has 3 atom stereocenters. The molecule has 3 aromatic carbocycles. The number of carbonyl (C=O) groups excluding carboxylic acids is 2. The molecular weight excluding hydrogens is 589 g/mol. The highest BCUT2D eigenvalue weighted by Gasteiger charge is 2.31. The summed E-state index contributed by atoms with van der Waals surface area (Å²) in [5.41, 5.74) is 9.90. The predicted octanol–water partition coefficient (Wildman–Crippen LogP) is 5.89. The number of nitrogen functional groups attached to an aromatic ring is 1. The number of nitrogens with zero attached hydrogens (tertiary/aromatic N) is 2. The van der Waals surface area contributed by atoms with Gasteiger partial charge in [0.15, 0.2) is 11.6 Å². The first-order valence-corrected chi connectivity index (χ1v) is 15.4. The van der Waals surface area contributed by atoms with Gasteiger partial charge in [0, 0.05) is 54.1 Å². The molecule has 3 unspecified atom stereocenters. The summed E-state index contributed by atoms with van der Waals surface area (Å²) in [7, 11) is 1.63. The molecule has 0 saturated heterocycles. The van der Waals surface area contributed by atoms with Crippen LogP contribution in [-0.2, 0) is 16.1 Å². The number of aliphatic hydroxyl groups excluding tert-OH is 1. The third kappa shape index (κ3) is 6.69. The molecule has 4 bridgehead atoms. The minimum absolute atomic E-state index is 0.0403. The molecule has 10 nitrogen and oxygen atoms in total. The van der Waals surface area contributed by atoms with E-state index >= 15 is 4.39 Å². The number of fused-ring (bicyclic) bond motifs is 10. The topological polar surface area (TPSA) is 139 Å². The van der Waals surface area contributed by atoms with E-state index in [9.17, 15) is 14.7 Å². The fourth-order valence-electron chi connectivity index (χ4n) is 5.96. The van der Waals surface area contributed by atoms with Crippen LogP contribution in [0.4, 0.5) is 26.4 Å². The zero-order valence-electron chi connectivity index (χ0n) is 26.0. The Kier molecular flexibility index (Phi) is 8.68. The number of likely N-dealkylation sites (N-methyl/N-ethyl adjacent to an activating group) is 1. The van der Waals surface area contributed by atoms with Gasteiger partial charge in [0.05, 0.1) is 12.7 Å². The number of anilines is 3. The number of hydrogen-bond donors (Lipinski definition) is 4. The number of aliphatic hydroxyl groups is 1. The molecule has 2 aliphatic heterocycles. The Balaban J connectivity index is 1.38. The number of amides is 2. The monoisotopic (exact) mass is 627 g/mol. The Morgan fingerprint density at radius 1 is 1.17 bits per heavy atom. The lowest BCUT2D eigenvalue weighted by molar-refractivity contribution is -0.131. The molecule has 0 radical (unpaired) electrons. The van der Waals surface area contributed by atoms with E-state index < -0.39 is 24.1 Å². The molecule has 1 saturated carbocycles. The van der Waals surface area contributed by atoms with Crippen molar-refractivity contribution in [1.29, 1.82) is 0 Å². The van der Waals surface area contributed by atoms with E-state index in [1.54, 1.807) is 19.3 Å². The number of benzene rings is 3. The number of nitrogens with one attached hydrogen (secondary N) is 2. The van der Waals surface area contributed by atoms with Crippen molar-refractivity contribution in [1.82, 2.24) is 9.88 Å². The molecular formula is C35H38FN5O5. The largest absolute Gasteiger partial charge is 0.487 e.